The van der Waals surface area contributed by atoms with E-state index >= 15 is 0 Å². The van der Waals surface area contributed by atoms with E-state index < -0.39 is 0 Å². The van der Waals surface area contributed by atoms with Crippen molar-refractivity contribution in [1.82, 2.24) is 0 Å². The second-order valence-corrected chi connectivity index (χ2v) is 2.88. The molecule has 0 aromatic heterocycles. The molecule has 0 bridgehead atoms. The maximum atomic E-state index is 11.3. The highest BCUT2D eigenvalue weighted by Crippen LogP contribution is 2.22. The molecule has 2 rings (SSSR count). The third-order valence-electron chi connectivity index (χ3n) is 1.90. The molecule has 12 heavy (non-hydrogen) atoms. The van der Waals surface area contributed by atoms with Crippen LogP contribution < -0.4 is 10.2 Å². The van der Waals surface area contributed by atoms with Gasteiger partial charge in [-0.1, -0.05) is 18.2 Å². The van der Waals surface area contributed by atoms with E-state index in [1.54, 1.807) is 6.07 Å². The van der Waals surface area contributed by atoms with Crippen LogP contribution in [0.2, 0.25) is 0 Å². The Kier molecular flexibility index (Phi) is 1.61. The minimum Gasteiger partial charge on any atom is -0.486 e. The molecular formula is C10H9O2. The van der Waals surface area contributed by atoms with Gasteiger partial charge in [-0.3, -0.25) is 4.79 Å². The van der Waals surface area contributed by atoms with Gasteiger partial charge in [0.2, 0.25) is 5.43 Å². The summed E-state index contributed by atoms with van der Waals surface area (Å²) < 4.78 is 5.27. The van der Waals surface area contributed by atoms with E-state index in [4.69, 9.17) is 4.74 Å². The lowest BCUT2D eigenvalue weighted by atomic mass is 10.2. The van der Waals surface area contributed by atoms with E-state index in [0.717, 1.165) is 12.0 Å². The fourth-order valence-corrected chi connectivity index (χ4v) is 1.37. The van der Waals surface area contributed by atoms with Gasteiger partial charge in [0.1, 0.15) is 6.10 Å². The van der Waals surface area contributed by atoms with Crippen LogP contribution in [0.5, 0.6) is 5.75 Å². The molecule has 1 aromatic rings. The van der Waals surface area contributed by atoms with Crippen molar-refractivity contribution in [1.29, 1.82) is 0 Å². The zero-order chi connectivity index (χ0) is 8.55. The molecule has 0 fully saturated rings. The van der Waals surface area contributed by atoms with Crippen LogP contribution in [0.25, 0.3) is 0 Å². The smallest absolute Gasteiger partial charge is 0.220 e. The first-order valence-electron chi connectivity index (χ1n) is 3.89. The second kappa shape index (κ2) is 2.63. The van der Waals surface area contributed by atoms with Crippen LogP contribution >= 0.6 is 0 Å². The van der Waals surface area contributed by atoms with E-state index in [1.807, 2.05) is 12.1 Å². The third kappa shape index (κ3) is 1.09. The Labute approximate surface area is 70.8 Å². The Bertz CT molecular complexity index is 357. The van der Waals surface area contributed by atoms with Crippen molar-refractivity contribution in [3.63, 3.8) is 0 Å². The van der Waals surface area contributed by atoms with E-state index in [2.05, 4.69) is 6.92 Å². The molecule has 0 saturated heterocycles. The standard InChI is InChI=1S/C10H9O2/c1-7-6-8-4-2-3-5-9(11)10(8)12-7/h2-5,7H,1,6H2. The summed E-state index contributed by atoms with van der Waals surface area (Å²) in [6.07, 6.45) is 0.634. The van der Waals surface area contributed by atoms with Gasteiger partial charge in [-0.2, -0.15) is 0 Å². The average molecular weight is 161 g/mol. The van der Waals surface area contributed by atoms with Gasteiger partial charge in [0.15, 0.2) is 5.75 Å². The minimum atomic E-state index is -0.102. The maximum absolute atomic E-state index is 11.3. The van der Waals surface area contributed by atoms with Crippen LogP contribution in [0.1, 0.15) is 5.56 Å². The molecule has 0 saturated carbocycles. The Morgan fingerprint density at radius 1 is 1.42 bits per heavy atom. The van der Waals surface area contributed by atoms with Gasteiger partial charge in [0.25, 0.3) is 0 Å². The molecule has 0 N–H and O–H groups in total. The van der Waals surface area contributed by atoms with Gasteiger partial charge in [0, 0.05) is 12.0 Å². The number of hydrogen-bond donors (Lipinski definition) is 0. The Balaban J connectivity index is 2.64. The fraction of sp³-hybridized carbons (Fsp3) is 0.200. The lowest BCUT2D eigenvalue weighted by Crippen LogP contribution is -2.09. The Morgan fingerprint density at radius 2 is 2.17 bits per heavy atom. The van der Waals surface area contributed by atoms with E-state index in [0.29, 0.717) is 5.75 Å². The highest BCUT2D eigenvalue weighted by molar-refractivity contribution is 5.36. The first kappa shape index (κ1) is 7.35. The predicted molar refractivity (Wildman–Crippen MR) is 46.2 cm³/mol. The first-order valence-corrected chi connectivity index (χ1v) is 3.89. The number of rotatable bonds is 0. The van der Waals surface area contributed by atoms with Crippen molar-refractivity contribution in [2.45, 2.75) is 12.5 Å². The van der Waals surface area contributed by atoms with Crippen molar-refractivity contribution in [3.05, 3.63) is 47.0 Å². The lowest BCUT2D eigenvalue weighted by Gasteiger charge is -1.99. The summed E-state index contributed by atoms with van der Waals surface area (Å²) in [7, 11) is 0. The zero-order valence-electron chi connectivity index (χ0n) is 6.62. The number of hydrogen-bond acceptors (Lipinski definition) is 2. The normalized spacial score (nSPS) is 19.9. The summed E-state index contributed by atoms with van der Waals surface area (Å²) in [6.45, 7) is 3.75. The highest BCUT2D eigenvalue weighted by atomic mass is 16.5. The van der Waals surface area contributed by atoms with Crippen molar-refractivity contribution in [2.24, 2.45) is 0 Å². The number of ether oxygens (including phenoxy) is 1. The van der Waals surface area contributed by atoms with Gasteiger partial charge < -0.3 is 4.74 Å². The van der Waals surface area contributed by atoms with Crippen LogP contribution in [0.4, 0.5) is 0 Å². The van der Waals surface area contributed by atoms with Crippen LogP contribution in [-0.4, -0.2) is 6.10 Å². The minimum absolute atomic E-state index is 0.0545. The van der Waals surface area contributed by atoms with Gasteiger partial charge >= 0.3 is 0 Å². The molecule has 1 atom stereocenters. The quantitative estimate of drug-likeness (QED) is 0.571. The highest BCUT2D eigenvalue weighted by Gasteiger charge is 2.19. The molecule has 1 aliphatic rings. The first-order chi connectivity index (χ1) is 5.77. The van der Waals surface area contributed by atoms with Crippen LogP contribution in [-0.2, 0) is 6.42 Å². The monoisotopic (exact) mass is 161 g/mol. The summed E-state index contributed by atoms with van der Waals surface area (Å²) in [6, 6.07) is 6.99. The van der Waals surface area contributed by atoms with Crippen molar-refractivity contribution < 1.29 is 4.74 Å². The molecule has 0 spiro atoms. The topological polar surface area (TPSA) is 26.3 Å². The zero-order valence-corrected chi connectivity index (χ0v) is 6.62. The van der Waals surface area contributed by atoms with Gasteiger partial charge in [-0.05, 0) is 13.0 Å². The lowest BCUT2D eigenvalue weighted by molar-refractivity contribution is 0.279. The van der Waals surface area contributed by atoms with Gasteiger partial charge in [-0.15, -0.1) is 0 Å². The van der Waals surface area contributed by atoms with E-state index in [1.165, 1.54) is 6.07 Å². The molecule has 0 aliphatic carbocycles. The van der Waals surface area contributed by atoms with Crippen LogP contribution in [0.15, 0.2) is 29.1 Å². The third-order valence-corrected chi connectivity index (χ3v) is 1.90. The molecule has 1 radical (unpaired) electrons. The molecule has 2 heteroatoms. The molecule has 61 valence electrons. The van der Waals surface area contributed by atoms with Crippen LogP contribution in [0, 0.1) is 6.92 Å². The van der Waals surface area contributed by atoms with Crippen molar-refractivity contribution in [3.8, 4) is 5.75 Å². The Morgan fingerprint density at radius 3 is 3.00 bits per heavy atom. The van der Waals surface area contributed by atoms with E-state index in [9.17, 15) is 4.79 Å². The largest absolute Gasteiger partial charge is 0.486 e. The Hall–Kier alpha value is -1.31. The van der Waals surface area contributed by atoms with Crippen molar-refractivity contribution >= 4 is 0 Å². The summed E-state index contributed by atoms with van der Waals surface area (Å²) in [4.78, 5) is 11.3. The molecular weight excluding hydrogens is 152 g/mol. The molecule has 1 aliphatic heterocycles. The van der Waals surface area contributed by atoms with Crippen molar-refractivity contribution in [2.75, 3.05) is 0 Å². The van der Waals surface area contributed by atoms with Gasteiger partial charge in [-0.25, -0.2) is 0 Å². The molecule has 2 nitrogen and oxygen atoms in total. The average Bonchev–Trinajstić information content (AvgIpc) is 2.33. The molecule has 1 heterocycles. The van der Waals surface area contributed by atoms with Crippen LogP contribution in [0.3, 0.4) is 0 Å². The predicted octanol–water partition coefficient (Wildman–Crippen LogP) is 1.18. The van der Waals surface area contributed by atoms with Gasteiger partial charge in [0.05, 0.1) is 0 Å². The number of fused-ring (bicyclic) bond motifs is 1. The summed E-state index contributed by atoms with van der Waals surface area (Å²) >= 11 is 0. The molecule has 0 amide bonds. The second-order valence-electron chi connectivity index (χ2n) is 2.88. The van der Waals surface area contributed by atoms with E-state index in [-0.39, 0.29) is 11.5 Å². The summed E-state index contributed by atoms with van der Waals surface area (Å²) in [5, 5.41) is 0. The summed E-state index contributed by atoms with van der Waals surface area (Å²) in [5.41, 5.74) is 0.908. The SMILES string of the molecule is [CH2]C1Cc2ccccc(=O)c2O1. The molecule has 1 unspecified atom stereocenters. The molecule has 1 aromatic carbocycles. The maximum Gasteiger partial charge on any atom is 0.220 e. The fourth-order valence-electron chi connectivity index (χ4n) is 1.37. The summed E-state index contributed by atoms with van der Waals surface area (Å²) in [5.74, 6) is 0.472.